The number of nitro groups is 1. The first-order valence-corrected chi connectivity index (χ1v) is 11.5. The molecule has 14 heteroatoms. The van der Waals surface area contributed by atoms with E-state index in [2.05, 4.69) is 15.4 Å². The van der Waals surface area contributed by atoms with E-state index in [9.17, 15) is 32.9 Å². The molecule has 0 radical (unpaired) electrons. The van der Waals surface area contributed by atoms with Gasteiger partial charge >= 0.3 is 11.9 Å². The zero-order valence-corrected chi connectivity index (χ0v) is 20.5. The number of pyridine rings is 1. The molecule has 4 rings (SSSR count). The van der Waals surface area contributed by atoms with Crippen molar-refractivity contribution in [1.82, 2.24) is 14.8 Å². The lowest BCUT2D eigenvalue weighted by Gasteiger charge is -2.13. The Morgan fingerprint density at radius 3 is 2.38 bits per heavy atom. The number of halogens is 3. The van der Waals surface area contributed by atoms with E-state index in [0.717, 1.165) is 16.3 Å². The molecule has 3 N–H and O–H groups in total. The minimum Gasteiger partial charge on any atom is -0.365 e. The van der Waals surface area contributed by atoms with Crippen molar-refractivity contribution in [2.45, 2.75) is 33.5 Å². The number of hydrogen-bond donors (Lipinski definition) is 2. The summed E-state index contributed by atoms with van der Waals surface area (Å²) in [5.74, 6) is -1.69. The lowest BCUT2D eigenvalue weighted by molar-refractivity contribution is -0.386. The molecule has 0 bridgehead atoms. The second-order valence-corrected chi connectivity index (χ2v) is 9.25. The molecule has 0 unspecified atom stereocenters. The number of nitrogens with two attached hydrogens (primary N) is 1. The molecule has 192 valence electrons. The van der Waals surface area contributed by atoms with Gasteiger partial charge in [0.15, 0.2) is 0 Å². The van der Waals surface area contributed by atoms with E-state index < -0.39 is 35.2 Å². The smallest absolute Gasteiger partial charge is 0.365 e. The molecule has 0 spiro atoms. The zero-order chi connectivity index (χ0) is 27.2. The van der Waals surface area contributed by atoms with Crippen molar-refractivity contribution in [3.63, 3.8) is 0 Å². The Balaban J connectivity index is 1.86. The van der Waals surface area contributed by atoms with Gasteiger partial charge in [-0.2, -0.15) is 18.3 Å². The SMILES string of the molecule is Cc1ccc(-c2cc(C(F)(F)F)nc3sc(C(N)=O)c(NC(=O)Cn4nc(C)c([N+](=O)[O-])c4C)c23)cc1. The van der Waals surface area contributed by atoms with Gasteiger partial charge < -0.3 is 11.1 Å². The fourth-order valence-electron chi connectivity index (χ4n) is 3.92. The fraction of sp³-hybridized carbons (Fsp3) is 0.217. The first-order chi connectivity index (χ1) is 17.3. The summed E-state index contributed by atoms with van der Waals surface area (Å²) in [6, 6.07) is 7.51. The molecule has 37 heavy (non-hydrogen) atoms. The van der Waals surface area contributed by atoms with Crippen LogP contribution in [-0.2, 0) is 17.5 Å². The van der Waals surface area contributed by atoms with E-state index >= 15 is 0 Å². The number of hydrogen-bond acceptors (Lipinski definition) is 7. The van der Waals surface area contributed by atoms with E-state index in [1.54, 1.807) is 24.3 Å². The van der Waals surface area contributed by atoms with E-state index in [1.165, 1.54) is 13.8 Å². The molecule has 3 heterocycles. The summed E-state index contributed by atoms with van der Waals surface area (Å²) < 4.78 is 42.1. The van der Waals surface area contributed by atoms with Gasteiger partial charge in [-0.15, -0.1) is 11.3 Å². The normalized spacial score (nSPS) is 11.6. The Labute approximate surface area is 211 Å². The summed E-state index contributed by atoms with van der Waals surface area (Å²) >= 11 is 0.624. The van der Waals surface area contributed by atoms with E-state index in [4.69, 9.17) is 5.73 Å². The zero-order valence-electron chi connectivity index (χ0n) is 19.6. The molecule has 0 aliphatic carbocycles. The van der Waals surface area contributed by atoms with Crippen molar-refractivity contribution in [3.05, 3.63) is 68.0 Å². The van der Waals surface area contributed by atoms with Crippen LogP contribution in [0.3, 0.4) is 0 Å². The summed E-state index contributed by atoms with van der Waals surface area (Å²) in [6.45, 7) is 4.22. The maximum Gasteiger partial charge on any atom is 0.433 e. The third-order valence-corrected chi connectivity index (χ3v) is 6.72. The molecule has 0 fully saturated rings. The highest BCUT2D eigenvalue weighted by molar-refractivity contribution is 7.21. The lowest BCUT2D eigenvalue weighted by atomic mass is 10.00. The number of primary amides is 1. The summed E-state index contributed by atoms with van der Waals surface area (Å²) in [7, 11) is 0. The predicted octanol–water partition coefficient (Wildman–Crippen LogP) is 4.75. The molecule has 1 aromatic carbocycles. The topological polar surface area (TPSA) is 146 Å². The Hall–Kier alpha value is -4.33. The number of aryl methyl sites for hydroxylation is 2. The minimum atomic E-state index is -4.77. The standard InChI is InChI=1S/C23H19F3N6O4S/c1-10-4-6-13(7-5-10)14-8-15(23(24,25)26)28-22-17(14)18(20(37-22)21(27)34)29-16(33)9-31-12(3)19(32(35)36)11(2)30-31/h4-8H,9H2,1-3H3,(H2,27,34)(H,29,33). The number of carbonyl (C=O) groups excluding carboxylic acids is 2. The highest BCUT2D eigenvalue weighted by atomic mass is 32.1. The maximum absolute atomic E-state index is 13.6. The lowest BCUT2D eigenvalue weighted by Crippen LogP contribution is -2.22. The molecule has 0 saturated heterocycles. The molecule has 0 aliphatic rings. The number of alkyl halides is 3. The van der Waals surface area contributed by atoms with Gasteiger partial charge in [-0.05, 0) is 38.0 Å². The summed E-state index contributed by atoms with van der Waals surface area (Å²) in [6.07, 6.45) is -4.77. The Morgan fingerprint density at radius 1 is 1.19 bits per heavy atom. The van der Waals surface area contributed by atoms with Crippen LogP contribution in [0, 0.1) is 30.9 Å². The number of nitrogens with zero attached hydrogens (tertiary/aromatic N) is 4. The molecule has 0 atom stereocenters. The van der Waals surface area contributed by atoms with Crippen LogP contribution in [0.1, 0.15) is 32.3 Å². The Bertz CT molecular complexity index is 1570. The van der Waals surface area contributed by atoms with Crippen molar-refractivity contribution in [1.29, 1.82) is 0 Å². The molecule has 10 nitrogen and oxygen atoms in total. The summed E-state index contributed by atoms with van der Waals surface area (Å²) in [4.78, 5) is 39.2. The van der Waals surface area contributed by atoms with Gasteiger partial charge in [0.25, 0.3) is 5.91 Å². The first kappa shape index (κ1) is 25.8. The van der Waals surface area contributed by atoms with Crippen molar-refractivity contribution >= 4 is 44.7 Å². The van der Waals surface area contributed by atoms with Crippen molar-refractivity contribution in [2.75, 3.05) is 5.32 Å². The second kappa shape index (κ2) is 9.28. The van der Waals surface area contributed by atoms with Gasteiger partial charge in [-0.3, -0.25) is 24.4 Å². The van der Waals surface area contributed by atoms with Crippen LogP contribution in [0.5, 0.6) is 0 Å². The highest BCUT2D eigenvalue weighted by Gasteiger charge is 2.35. The number of carbonyl (C=O) groups is 2. The largest absolute Gasteiger partial charge is 0.433 e. The van der Waals surface area contributed by atoms with Crippen LogP contribution in [0.2, 0.25) is 0 Å². The van der Waals surface area contributed by atoms with Gasteiger partial charge in [-0.1, -0.05) is 29.8 Å². The quantitative estimate of drug-likeness (QED) is 0.271. The van der Waals surface area contributed by atoms with Crippen LogP contribution in [0.25, 0.3) is 21.3 Å². The first-order valence-electron chi connectivity index (χ1n) is 10.7. The molecule has 2 amide bonds. The van der Waals surface area contributed by atoms with Crippen LogP contribution >= 0.6 is 11.3 Å². The number of rotatable bonds is 6. The fourth-order valence-corrected chi connectivity index (χ4v) is 4.92. The van der Waals surface area contributed by atoms with Crippen molar-refractivity contribution < 1.29 is 27.7 Å². The number of benzene rings is 1. The molecule has 3 aromatic heterocycles. The predicted molar refractivity (Wildman–Crippen MR) is 130 cm³/mol. The van der Waals surface area contributed by atoms with E-state index in [1.807, 2.05) is 6.92 Å². The Kier molecular flexibility index (Phi) is 6.46. The highest BCUT2D eigenvalue weighted by Crippen LogP contribution is 2.43. The average Bonchev–Trinajstić information content (AvgIpc) is 3.29. The van der Waals surface area contributed by atoms with Gasteiger partial charge in [0, 0.05) is 5.39 Å². The molecular weight excluding hydrogens is 513 g/mol. The third-order valence-electron chi connectivity index (χ3n) is 5.62. The molecule has 0 aliphatic heterocycles. The molecule has 4 aromatic rings. The van der Waals surface area contributed by atoms with Crippen molar-refractivity contribution in [3.8, 4) is 11.1 Å². The number of amides is 2. The van der Waals surface area contributed by atoms with Gasteiger partial charge in [-0.25, -0.2) is 4.98 Å². The van der Waals surface area contributed by atoms with Gasteiger partial charge in [0.1, 0.15) is 33.3 Å². The second-order valence-electron chi connectivity index (χ2n) is 8.25. The van der Waals surface area contributed by atoms with Gasteiger partial charge in [0.2, 0.25) is 5.91 Å². The average molecular weight is 533 g/mol. The monoisotopic (exact) mass is 532 g/mol. The molecule has 0 saturated carbocycles. The van der Waals surface area contributed by atoms with E-state index in [-0.39, 0.29) is 43.4 Å². The van der Waals surface area contributed by atoms with Crippen LogP contribution in [0.4, 0.5) is 24.5 Å². The maximum atomic E-state index is 13.6. The third kappa shape index (κ3) is 4.87. The number of thiophene rings is 1. The minimum absolute atomic E-state index is 0.0923. The summed E-state index contributed by atoms with van der Waals surface area (Å²) in [5, 5.41) is 18.0. The van der Waals surface area contributed by atoms with E-state index in [0.29, 0.717) is 16.9 Å². The summed E-state index contributed by atoms with van der Waals surface area (Å²) in [5.41, 5.74) is 5.63. The van der Waals surface area contributed by atoms with Crippen LogP contribution < -0.4 is 11.1 Å². The number of nitrogens with one attached hydrogen (secondary N) is 1. The number of anilines is 1. The molecular formula is C23H19F3N6O4S. The number of aromatic nitrogens is 3. The van der Waals surface area contributed by atoms with Gasteiger partial charge in [0.05, 0.1) is 10.6 Å². The van der Waals surface area contributed by atoms with Crippen LogP contribution in [-0.4, -0.2) is 31.5 Å². The van der Waals surface area contributed by atoms with Crippen molar-refractivity contribution in [2.24, 2.45) is 5.73 Å². The Morgan fingerprint density at radius 2 is 1.84 bits per heavy atom. The number of fused-ring (bicyclic) bond motifs is 1. The van der Waals surface area contributed by atoms with Crippen LogP contribution in [0.15, 0.2) is 30.3 Å².